The highest BCUT2D eigenvalue weighted by atomic mass is 32.2. The zero-order valence-electron chi connectivity index (χ0n) is 9.90. The van der Waals surface area contributed by atoms with E-state index >= 15 is 0 Å². The second kappa shape index (κ2) is 5.43. The van der Waals surface area contributed by atoms with E-state index in [4.69, 9.17) is 5.11 Å². The summed E-state index contributed by atoms with van der Waals surface area (Å²) in [4.78, 5) is 45.4. The van der Waals surface area contributed by atoms with E-state index in [0.29, 0.717) is 10.5 Å². The fourth-order valence-corrected chi connectivity index (χ4v) is 2.82. The van der Waals surface area contributed by atoms with Gasteiger partial charge in [0.05, 0.1) is 6.10 Å². The van der Waals surface area contributed by atoms with Crippen LogP contribution in [0.3, 0.4) is 0 Å². The smallest absolute Gasteiger partial charge is 0.394 e. The average molecular weight is 295 g/mol. The number of amides is 2. The highest BCUT2D eigenvalue weighted by Gasteiger charge is 2.41. The quantitative estimate of drug-likeness (QED) is 0.480. The molecule has 2 atom stereocenters. The maximum atomic E-state index is 11.8. The Balaban J connectivity index is 2.25. The summed E-state index contributed by atoms with van der Waals surface area (Å²) in [7, 11) is 0. The molecule has 2 unspecified atom stereocenters. The van der Waals surface area contributed by atoms with Crippen molar-refractivity contribution < 1.29 is 29.4 Å². The molecule has 1 aromatic rings. The van der Waals surface area contributed by atoms with Crippen LogP contribution in [0, 0.1) is 5.92 Å². The van der Waals surface area contributed by atoms with Gasteiger partial charge in [-0.05, 0) is 11.6 Å². The van der Waals surface area contributed by atoms with Crippen molar-refractivity contribution in [1.82, 2.24) is 5.32 Å². The number of aliphatic hydroxyl groups is 1. The van der Waals surface area contributed by atoms with Gasteiger partial charge in [0, 0.05) is 4.90 Å². The van der Waals surface area contributed by atoms with Crippen molar-refractivity contribution in [2.24, 2.45) is 5.92 Å². The molecule has 0 bridgehead atoms. The number of carboxylic acid groups (broad SMARTS) is 1. The maximum absolute atomic E-state index is 11.8. The van der Waals surface area contributed by atoms with E-state index < -0.39 is 34.9 Å². The number of thioether (sulfide) groups is 1. The normalized spacial score (nSPS) is 20.9. The Labute approximate surface area is 117 Å². The van der Waals surface area contributed by atoms with E-state index in [-0.39, 0.29) is 0 Å². The summed E-state index contributed by atoms with van der Waals surface area (Å²) < 4.78 is 0. The second-order valence-electron chi connectivity index (χ2n) is 4.00. The van der Waals surface area contributed by atoms with Gasteiger partial charge in [0.1, 0.15) is 5.92 Å². The van der Waals surface area contributed by atoms with Crippen LogP contribution in [0.25, 0.3) is 0 Å². The molecule has 1 aliphatic heterocycles. The molecule has 0 saturated heterocycles. The van der Waals surface area contributed by atoms with Crippen LogP contribution in [0.2, 0.25) is 0 Å². The molecule has 0 aliphatic carbocycles. The van der Waals surface area contributed by atoms with Crippen molar-refractivity contribution in [1.29, 1.82) is 0 Å². The fraction of sp³-hybridized carbons (Fsp3) is 0.167. The largest absolute Gasteiger partial charge is 0.474 e. The van der Waals surface area contributed by atoms with Crippen LogP contribution < -0.4 is 5.32 Å². The van der Waals surface area contributed by atoms with Crippen molar-refractivity contribution in [3.63, 3.8) is 0 Å². The van der Waals surface area contributed by atoms with Gasteiger partial charge < -0.3 is 10.2 Å². The highest BCUT2D eigenvalue weighted by molar-refractivity contribution is 8.13. The first-order valence-corrected chi connectivity index (χ1v) is 6.30. The molecule has 1 aliphatic rings. The monoisotopic (exact) mass is 295 g/mol. The lowest BCUT2D eigenvalue weighted by Crippen LogP contribution is -2.44. The predicted molar refractivity (Wildman–Crippen MR) is 66.5 cm³/mol. The molecule has 1 aromatic carbocycles. The number of hydrogen-bond acceptors (Lipinski definition) is 6. The molecule has 0 aromatic heterocycles. The van der Waals surface area contributed by atoms with Crippen molar-refractivity contribution in [3.8, 4) is 0 Å². The second-order valence-corrected chi connectivity index (χ2v) is 5.05. The summed E-state index contributed by atoms with van der Waals surface area (Å²) >= 11 is 0.769. The molecular formula is C12H9NO6S. The zero-order valence-corrected chi connectivity index (χ0v) is 10.7. The number of benzene rings is 1. The summed E-state index contributed by atoms with van der Waals surface area (Å²) in [6.07, 6.45) is -1.42. The van der Waals surface area contributed by atoms with Crippen molar-refractivity contribution in [2.45, 2.75) is 11.0 Å². The van der Waals surface area contributed by atoms with Crippen LogP contribution in [0.5, 0.6) is 0 Å². The molecule has 0 fully saturated rings. The first-order chi connectivity index (χ1) is 9.41. The predicted octanol–water partition coefficient (Wildman–Crippen LogP) is -0.304. The van der Waals surface area contributed by atoms with Gasteiger partial charge in [0.15, 0.2) is 0 Å². The van der Waals surface area contributed by atoms with Gasteiger partial charge >= 0.3 is 11.9 Å². The van der Waals surface area contributed by atoms with E-state index in [1.54, 1.807) is 29.6 Å². The number of hydrogen-bond donors (Lipinski definition) is 3. The summed E-state index contributed by atoms with van der Waals surface area (Å²) in [5, 5.41) is 19.4. The third kappa shape index (κ3) is 2.56. The fourth-order valence-electron chi connectivity index (χ4n) is 1.79. The van der Waals surface area contributed by atoms with Crippen LogP contribution in [0.1, 0.15) is 11.7 Å². The number of carboxylic acids is 1. The van der Waals surface area contributed by atoms with Crippen LogP contribution in [0.15, 0.2) is 29.2 Å². The minimum atomic E-state index is -1.84. The number of imide groups is 1. The molecule has 20 heavy (non-hydrogen) atoms. The van der Waals surface area contributed by atoms with Crippen molar-refractivity contribution >= 4 is 34.7 Å². The Hall–Kier alpha value is -2.19. The Morgan fingerprint density at radius 3 is 2.50 bits per heavy atom. The minimum Gasteiger partial charge on any atom is -0.474 e. The minimum absolute atomic E-state index is 0.389. The number of fused-ring (bicyclic) bond motifs is 1. The summed E-state index contributed by atoms with van der Waals surface area (Å²) in [6, 6.07) is 6.49. The lowest BCUT2D eigenvalue weighted by atomic mass is 9.95. The van der Waals surface area contributed by atoms with Gasteiger partial charge in [-0.15, -0.1) is 0 Å². The Morgan fingerprint density at radius 2 is 1.85 bits per heavy atom. The number of nitrogens with one attached hydrogen (secondary N) is 1. The van der Waals surface area contributed by atoms with Gasteiger partial charge in [-0.2, -0.15) is 0 Å². The maximum Gasteiger partial charge on any atom is 0.394 e. The van der Waals surface area contributed by atoms with Crippen LogP contribution in [-0.4, -0.2) is 33.1 Å². The lowest BCUT2D eigenvalue weighted by Gasteiger charge is -2.26. The van der Waals surface area contributed by atoms with Crippen LogP contribution >= 0.6 is 11.8 Å². The van der Waals surface area contributed by atoms with Gasteiger partial charge in [-0.25, -0.2) is 4.79 Å². The van der Waals surface area contributed by atoms with Gasteiger partial charge in [-0.3, -0.25) is 19.7 Å². The topological polar surface area (TPSA) is 121 Å². The van der Waals surface area contributed by atoms with E-state index in [1.807, 2.05) is 0 Å². The summed E-state index contributed by atoms with van der Waals surface area (Å²) in [5.41, 5.74) is 0.389. The number of aliphatic hydroxyl groups excluding tert-OH is 1. The van der Waals surface area contributed by atoms with Gasteiger partial charge in [0.25, 0.3) is 0 Å². The lowest BCUT2D eigenvalue weighted by molar-refractivity contribution is -0.153. The Bertz CT molecular complexity index is 614. The molecule has 7 nitrogen and oxygen atoms in total. The van der Waals surface area contributed by atoms with Crippen LogP contribution in [-0.2, 0) is 19.2 Å². The molecule has 104 valence electrons. The van der Waals surface area contributed by atoms with E-state index in [1.165, 1.54) is 0 Å². The van der Waals surface area contributed by atoms with Crippen LogP contribution in [0.4, 0.5) is 0 Å². The third-order valence-electron chi connectivity index (χ3n) is 2.73. The SMILES string of the molecule is O=C(O)C(=O)NC(=O)C1C(=O)Sc2ccccc2C1O. The average Bonchev–Trinajstić information content (AvgIpc) is 2.38. The Kier molecular flexibility index (Phi) is 3.86. The van der Waals surface area contributed by atoms with E-state index in [9.17, 15) is 24.3 Å². The molecule has 0 saturated carbocycles. The number of carbonyl (C=O) groups excluding carboxylic acids is 3. The molecular weight excluding hydrogens is 286 g/mol. The first kappa shape index (κ1) is 14.2. The summed E-state index contributed by atoms with van der Waals surface area (Å²) in [6.45, 7) is 0. The molecule has 0 radical (unpaired) electrons. The number of aliphatic carboxylic acids is 1. The first-order valence-electron chi connectivity index (χ1n) is 5.48. The third-order valence-corrected chi connectivity index (χ3v) is 3.78. The molecule has 3 N–H and O–H groups in total. The number of carbonyl (C=O) groups is 4. The molecule has 0 spiro atoms. The van der Waals surface area contributed by atoms with E-state index in [0.717, 1.165) is 11.8 Å². The molecule has 2 amide bonds. The molecule has 1 heterocycles. The number of rotatable bonds is 1. The van der Waals surface area contributed by atoms with Crippen molar-refractivity contribution in [2.75, 3.05) is 0 Å². The highest BCUT2D eigenvalue weighted by Crippen LogP contribution is 2.40. The molecule has 2 rings (SSSR count). The molecule has 8 heteroatoms. The standard InChI is InChI=1S/C12H9NO6S/c14-8-5-3-1-2-4-6(5)20-12(19)7(8)9(15)13-10(16)11(17)18/h1-4,7-8,14H,(H,17,18)(H,13,15,16). The van der Waals surface area contributed by atoms with Gasteiger partial charge in [0.2, 0.25) is 11.0 Å². The summed E-state index contributed by atoms with van der Waals surface area (Å²) in [5.74, 6) is -6.03. The van der Waals surface area contributed by atoms with Gasteiger partial charge in [-0.1, -0.05) is 30.0 Å². The van der Waals surface area contributed by atoms with Crippen molar-refractivity contribution in [3.05, 3.63) is 29.8 Å². The zero-order chi connectivity index (χ0) is 14.9. The van der Waals surface area contributed by atoms with E-state index in [2.05, 4.69) is 0 Å². The Morgan fingerprint density at radius 1 is 1.20 bits per heavy atom.